The molecule has 1 aromatic heterocycles. The topological polar surface area (TPSA) is 20.2 Å². The van der Waals surface area contributed by atoms with Crippen molar-refractivity contribution in [2.45, 2.75) is 31.3 Å². The Hall–Kier alpha value is -0.120. The summed E-state index contributed by atoms with van der Waals surface area (Å²) in [4.78, 5) is 1.24. The zero-order chi connectivity index (χ0) is 10.0. The van der Waals surface area contributed by atoms with Crippen LogP contribution in [0.1, 0.15) is 24.1 Å². The number of allylic oxidation sites excluding steroid dienone is 1. The lowest BCUT2D eigenvalue weighted by atomic mass is 9.88. The fraction of sp³-hybridized carbons (Fsp3) is 0.455. The molecule has 1 unspecified atom stereocenters. The van der Waals surface area contributed by atoms with Crippen LogP contribution in [0.3, 0.4) is 0 Å². The van der Waals surface area contributed by atoms with Crippen molar-refractivity contribution in [3.05, 3.63) is 32.9 Å². The van der Waals surface area contributed by atoms with Gasteiger partial charge in [-0.25, -0.2) is 0 Å². The van der Waals surface area contributed by atoms with Crippen LogP contribution >= 0.6 is 27.3 Å². The Bertz CT molecular complexity index is 345. The Labute approximate surface area is 96.6 Å². The van der Waals surface area contributed by atoms with E-state index in [1.807, 2.05) is 6.08 Å². The summed E-state index contributed by atoms with van der Waals surface area (Å²) in [6.07, 6.45) is 7.89. The van der Waals surface area contributed by atoms with Gasteiger partial charge < -0.3 is 5.11 Å². The highest BCUT2D eigenvalue weighted by Crippen LogP contribution is 2.29. The van der Waals surface area contributed by atoms with Crippen LogP contribution in [0, 0.1) is 0 Å². The van der Waals surface area contributed by atoms with Crippen molar-refractivity contribution in [2.24, 2.45) is 0 Å². The molecule has 0 aromatic carbocycles. The van der Waals surface area contributed by atoms with Crippen molar-refractivity contribution >= 4 is 27.3 Å². The molecule has 76 valence electrons. The number of halogens is 1. The maximum atomic E-state index is 10.2. The van der Waals surface area contributed by atoms with Crippen LogP contribution in [0.5, 0.6) is 0 Å². The Morgan fingerprint density at radius 2 is 2.43 bits per heavy atom. The van der Waals surface area contributed by atoms with E-state index in [0.717, 1.165) is 30.2 Å². The zero-order valence-corrected chi connectivity index (χ0v) is 10.3. The van der Waals surface area contributed by atoms with E-state index < -0.39 is 5.60 Å². The molecule has 14 heavy (non-hydrogen) atoms. The molecule has 0 radical (unpaired) electrons. The fourth-order valence-electron chi connectivity index (χ4n) is 1.81. The van der Waals surface area contributed by atoms with Gasteiger partial charge in [0.15, 0.2) is 0 Å². The molecule has 0 bridgehead atoms. The molecule has 1 heterocycles. The SMILES string of the molecule is OC1(Cc2cc(Br)cs2)C=CCCC1. The van der Waals surface area contributed by atoms with Crippen molar-refractivity contribution in [3.8, 4) is 0 Å². The summed E-state index contributed by atoms with van der Waals surface area (Å²) in [5.41, 5.74) is -0.595. The van der Waals surface area contributed by atoms with E-state index in [4.69, 9.17) is 0 Å². The van der Waals surface area contributed by atoms with Gasteiger partial charge >= 0.3 is 0 Å². The first-order valence-corrected chi connectivity index (χ1v) is 6.48. The van der Waals surface area contributed by atoms with Crippen LogP contribution in [0.15, 0.2) is 28.1 Å². The molecule has 0 spiro atoms. The third-order valence-electron chi connectivity index (χ3n) is 2.51. The predicted octanol–water partition coefficient (Wildman–Crippen LogP) is 3.52. The largest absolute Gasteiger partial charge is 0.385 e. The lowest BCUT2D eigenvalue weighted by Crippen LogP contribution is -2.29. The summed E-state index contributed by atoms with van der Waals surface area (Å²) in [6.45, 7) is 0. The Kier molecular flexibility index (Phi) is 3.10. The third-order valence-corrected chi connectivity index (χ3v) is 4.21. The fourth-order valence-corrected chi connectivity index (χ4v) is 3.38. The van der Waals surface area contributed by atoms with Crippen LogP contribution < -0.4 is 0 Å². The molecule has 1 aliphatic carbocycles. The van der Waals surface area contributed by atoms with Crippen molar-refractivity contribution in [1.29, 1.82) is 0 Å². The van der Waals surface area contributed by atoms with Gasteiger partial charge in [0.1, 0.15) is 0 Å². The van der Waals surface area contributed by atoms with Gasteiger partial charge in [-0.3, -0.25) is 0 Å². The van der Waals surface area contributed by atoms with Crippen molar-refractivity contribution < 1.29 is 5.11 Å². The first kappa shape index (κ1) is 10.4. The molecule has 0 amide bonds. The van der Waals surface area contributed by atoms with E-state index in [1.165, 1.54) is 4.88 Å². The van der Waals surface area contributed by atoms with Gasteiger partial charge in [-0.1, -0.05) is 12.2 Å². The van der Waals surface area contributed by atoms with Crippen LogP contribution in [0.2, 0.25) is 0 Å². The van der Waals surface area contributed by atoms with Gasteiger partial charge in [0, 0.05) is 21.2 Å². The summed E-state index contributed by atoms with van der Waals surface area (Å²) >= 11 is 5.13. The minimum Gasteiger partial charge on any atom is -0.385 e. The van der Waals surface area contributed by atoms with Crippen LogP contribution in [-0.2, 0) is 6.42 Å². The third kappa shape index (κ3) is 2.47. The lowest BCUT2D eigenvalue weighted by Gasteiger charge is -2.26. The summed E-state index contributed by atoms with van der Waals surface area (Å²) < 4.78 is 1.11. The molecular formula is C11H13BrOS. The molecular weight excluding hydrogens is 260 g/mol. The number of aliphatic hydroxyl groups is 1. The minimum absolute atomic E-state index is 0.595. The van der Waals surface area contributed by atoms with Gasteiger partial charge in [-0.15, -0.1) is 11.3 Å². The molecule has 1 atom stereocenters. The Morgan fingerprint density at radius 1 is 1.57 bits per heavy atom. The van der Waals surface area contributed by atoms with Crippen molar-refractivity contribution in [2.75, 3.05) is 0 Å². The molecule has 1 aromatic rings. The second kappa shape index (κ2) is 4.17. The molecule has 0 saturated carbocycles. The summed E-state index contributed by atoms with van der Waals surface area (Å²) in [6, 6.07) is 2.09. The number of thiophene rings is 1. The van der Waals surface area contributed by atoms with Crippen molar-refractivity contribution in [1.82, 2.24) is 0 Å². The van der Waals surface area contributed by atoms with Gasteiger partial charge in [0.2, 0.25) is 0 Å². The Morgan fingerprint density at radius 3 is 3.00 bits per heavy atom. The monoisotopic (exact) mass is 272 g/mol. The van der Waals surface area contributed by atoms with E-state index >= 15 is 0 Å². The first-order chi connectivity index (χ1) is 6.68. The molecule has 0 fully saturated rings. The summed E-state index contributed by atoms with van der Waals surface area (Å²) in [5.74, 6) is 0. The number of hydrogen-bond donors (Lipinski definition) is 1. The molecule has 0 aliphatic heterocycles. The van der Waals surface area contributed by atoms with Gasteiger partial charge in [-0.05, 0) is 41.3 Å². The van der Waals surface area contributed by atoms with E-state index in [9.17, 15) is 5.11 Å². The average Bonchev–Trinajstić information content (AvgIpc) is 2.51. The summed E-state index contributed by atoms with van der Waals surface area (Å²) in [7, 11) is 0. The molecule has 2 rings (SSSR count). The molecule has 1 aliphatic rings. The minimum atomic E-state index is -0.595. The maximum Gasteiger partial charge on any atom is 0.0875 e. The van der Waals surface area contributed by atoms with Crippen LogP contribution in [-0.4, -0.2) is 10.7 Å². The van der Waals surface area contributed by atoms with Crippen molar-refractivity contribution in [3.63, 3.8) is 0 Å². The average molecular weight is 273 g/mol. The quantitative estimate of drug-likeness (QED) is 0.817. The van der Waals surface area contributed by atoms with Crippen LogP contribution in [0.25, 0.3) is 0 Å². The van der Waals surface area contributed by atoms with Gasteiger partial charge in [-0.2, -0.15) is 0 Å². The highest BCUT2D eigenvalue weighted by molar-refractivity contribution is 9.10. The van der Waals surface area contributed by atoms with Gasteiger partial charge in [0.05, 0.1) is 5.60 Å². The molecule has 0 saturated heterocycles. The van der Waals surface area contributed by atoms with E-state index in [-0.39, 0.29) is 0 Å². The number of hydrogen-bond acceptors (Lipinski definition) is 2. The van der Waals surface area contributed by atoms with Gasteiger partial charge in [0.25, 0.3) is 0 Å². The second-order valence-electron chi connectivity index (χ2n) is 3.81. The highest BCUT2D eigenvalue weighted by atomic mass is 79.9. The predicted molar refractivity (Wildman–Crippen MR) is 63.7 cm³/mol. The smallest absolute Gasteiger partial charge is 0.0875 e. The molecule has 1 N–H and O–H groups in total. The maximum absolute atomic E-state index is 10.2. The van der Waals surface area contributed by atoms with E-state index in [0.29, 0.717) is 0 Å². The van der Waals surface area contributed by atoms with Crippen LogP contribution in [0.4, 0.5) is 0 Å². The Balaban J connectivity index is 2.09. The number of rotatable bonds is 2. The summed E-state index contributed by atoms with van der Waals surface area (Å²) in [5, 5.41) is 12.3. The first-order valence-electron chi connectivity index (χ1n) is 4.81. The van der Waals surface area contributed by atoms with E-state index in [2.05, 4.69) is 33.5 Å². The normalized spacial score (nSPS) is 26.7. The van der Waals surface area contributed by atoms with E-state index in [1.54, 1.807) is 11.3 Å². The lowest BCUT2D eigenvalue weighted by molar-refractivity contribution is 0.0759. The second-order valence-corrected chi connectivity index (χ2v) is 5.72. The standard InChI is InChI=1S/C11H13BrOS/c12-9-6-10(14-8-9)7-11(13)4-2-1-3-5-11/h2,4,6,8,13H,1,3,5,7H2. The zero-order valence-electron chi connectivity index (χ0n) is 7.87. The molecule has 1 nitrogen and oxygen atoms in total. The highest BCUT2D eigenvalue weighted by Gasteiger charge is 2.25. The molecule has 3 heteroatoms.